The molecule has 1 aromatic carbocycles. The Balaban J connectivity index is 2.64. The van der Waals surface area contributed by atoms with Crippen molar-refractivity contribution in [3.8, 4) is 12.3 Å². The Labute approximate surface area is 109 Å². The molecule has 0 aliphatic rings. The molecular weight excluding hydrogens is 224 g/mol. The summed E-state index contributed by atoms with van der Waals surface area (Å²) in [6.45, 7) is 2.65. The van der Waals surface area contributed by atoms with Gasteiger partial charge >= 0.3 is 0 Å². The largest absolute Gasteiger partial charge is 0.338 e. The summed E-state index contributed by atoms with van der Waals surface area (Å²) in [6, 6.07) is 7.27. The Morgan fingerprint density at radius 2 is 2.11 bits per heavy atom. The van der Waals surface area contributed by atoms with Crippen molar-refractivity contribution >= 4 is 5.91 Å². The van der Waals surface area contributed by atoms with Crippen LogP contribution in [0.25, 0.3) is 0 Å². The highest BCUT2D eigenvalue weighted by atomic mass is 16.1. The van der Waals surface area contributed by atoms with Crippen molar-refractivity contribution in [1.82, 2.24) is 5.32 Å². The molecule has 0 heterocycles. The summed E-state index contributed by atoms with van der Waals surface area (Å²) in [4.78, 5) is 11.9. The molecular formula is C15H20N2O. The van der Waals surface area contributed by atoms with Gasteiger partial charge in [0.05, 0.1) is 6.04 Å². The fraction of sp³-hybridized carbons (Fsp3) is 0.400. The lowest BCUT2D eigenvalue weighted by Gasteiger charge is -2.12. The molecule has 1 atom stereocenters. The van der Waals surface area contributed by atoms with E-state index >= 15 is 0 Å². The molecule has 0 saturated heterocycles. The van der Waals surface area contributed by atoms with Crippen LogP contribution < -0.4 is 11.1 Å². The highest BCUT2D eigenvalue weighted by Crippen LogP contribution is 2.06. The Hall–Kier alpha value is -1.79. The second-order valence-electron chi connectivity index (χ2n) is 4.22. The molecule has 0 bridgehead atoms. The van der Waals surface area contributed by atoms with Gasteiger partial charge in [-0.25, -0.2) is 0 Å². The molecule has 3 nitrogen and oxygen atoms in total. The topological polar surface area (TPSA) is 55.1 Å². The quantitative estimate of drug-likeness (QED) is 0.749. The average molecular weight is 244 g/mol. The summed E-state index contributed by atoms with van der Waals surface area (Å²) in [6.07, 6.45) is 7.94. The monoisotopic (exact) mass is 244 g/mol. The molecule has 0 fully saturated rings. The van der Waals surface area contributed by atoms with Crippen LogP contribution in [0.3, 0.4) is 0 Å². The van der Waals surface area contributed by atoms with Gasteiger partial charge in [-0.05, 0) is 37.1 Å². The van der Waals surface area contributed by atoms with E-state index in [1.165, 1.54) is 0 Å². The zero-order chi connectivity index (χ0) is 13.4. The summed E-state index contributed by atoms with van der Waals surface area (Å²) >= 11 is 0. The maximum absolute atomic E-state index is 11.9. The van der Waals surface area contributed by atoms with E-state index in [0.717, 1.165) is 24.8 Å². The summed E-state index contributed by atoms with van der Waals surface area (Å²) in [5.74, 6) is 2.47. The van der Waals surface area contributed by atoms with Gasteiger partial charge in [-0.1, -0.05) is 31.4 Å². The van der Waals surface area contributed by atoms with Gasteiger partial charge in [-0.3, -0.25) is 4.79 Å². The number of terminal acetylenes is 1. The Morgan fingerprint density at radius 3 is 2.61 bits per heavy atom. The predicted octanol–water partition coefficient (Wildman–Crippen LogP) is 1.72. The Morgan fingerprint density at radius 1 is 1.44 bits per heavy atom. The smallest absolute Gasteiger partial charge is 0.252 e. The summed E-state index contributed by atoms with van der Waals surface area (Å²) in [5.41, 5.74) is 7.24. The lowest BCUT2D eigenvalue weighted by atomic mass is 10.1. The third-order valence-electron chi connectivity index (χ3n) is 2.73. The zero-order valence-electron chi connectivity index (χ0n) is 10.8. The van der Waals surface area contributed by atoms with E-state index < -0.39 is 0 Å². The number of nitrogens with one attached hydrogen (secondary N) is 1. The first-order valence-electron chi connectivity index (χ1n) is 6.27. The molecule has 0 saturated carbocycles. The summed E-state index contributed by atoms with van der Waals surface area (Å²) in [7, 11) is 0. The van der Waals surface area contributed by atoms with E-state index in [1.54, 1.807) is 12.1 Å². The number of hydrogen-bond acceptors (Lipinski definition) is 2. The maximum Gasteiger partial charge on any atom is 0.252 e. The van der Waals surface area contributed by atoms with Gasteiger partial charge < -0.3 is 11.1 Å². The molecule has 1 amide bonds. The molecule has 0 aliphatic heterocycles. The van der Waals surface area contributed by atoms with Gasteiger partial charge in [0.15, 0.2) is 0 Å². The van der Waals surface area contributed by atoms with Crippen LogP contribution in [0, 0.1) is 12.3 Å². The first-order chi connectivity index (χ1) is 8.71. The van der Waals surface area contributed by atoms with E-state index in [2.05, 4.69) is 11.2 Å². The van der Waals surface area contributed by atoms with Gasteiger partial charge in [0, 0.05) is 5.56 Å². The van der Waals surface area contributed by atoms with Crippen LogP contribution in [0.5, 0.6) is 0 Å². The lowest BCUT2D eigenvalue weighted by Crippen LogP contribution is -2.33. The van der Waals surface area contributed by atoms with Gasteiger partial charge in [0.1, 0.15) is 0 Å². The fourth-order valence-corrected chi connectivity index (χ4v) is 1.72. The van der Waals surface area contributed by atoms with E-state index in [-0.39, 0.29) is 11.9 Å². The van der Waals surface area contributed by atoms with Crippen LogP contribution in [0.4, 0.5) is 0 Å². The highest BCUT2D eigenvalue weighted by molar-refractivity contribution is 5.94. The Kier molecular flexibility index (Phi) is 5.96. The molecule has 3 N–H and O–H groups in total. The standard InChI is InChI=1S/C15H20N2O/c1-3-5-14(4-2)17-15(18)13-8-6-12(7-9-13)10-11-16/h2,6-9,14H,3,5,10-11,16H2,1H3,(H,17,18). The van der Waals surface area contributed by atoms with Crippen LogP contribution >= 0.6 is 0 Å². The molecule has 0 radical (unpaired) electrons. The van der Waals surface area contributed by atoms with Crippen molar-refractivity contribution in [3.05, 3.63) is 35.4 Å². The molecule has 0 aliphatic carbocycles. The molecule has 0 spiro atoms. The number of hydrogen-bond donors (Lipinski definition) is 2. The molecule has 3 heteroatoms. The highest BCUT2D eigenvalue weighted by Gasteiger charge is 2.10. The molecule has 0 aromatic heterocycles. The van der Waals surface area contributed by atoms with Crippen LogP contribution in [0.15, 0.2) is 24.3 Å². The zero-order valence-corrected chi connectivity index (χ0v) is 10.8. The van der Waals surface area contributed by atoms with Gasteiger partial charge in [0.2, 0.25) is 0 Å². The summed E-state index contributed by atoms with van der Waals surface area (Å²) < 4.78 is 0. The number of amides is 1. The van der Waals surface area contributed by atoms with Crippen molar-refractivity contribution in [2.24, 2.45) is 5.73 Å². The van der Waals surface area contributed by atoms with E-state index in [9.17, 15) is 4.79 Å². The first kappa shape index (κ1) is 14.3. The third kappa shape index (κ3) is 4.23. The van der Waals surface area contributed by atoms with E-state index in [1.807, 2.05) is 19.1 Å². The van der Waals surface area contributed by atoms with Crippen LogP contribution in [0.2, 0.25) is 0 Å². The van der Waals surface area contributed by atoms with Crippen LogP contribution in [0.1, 0.15) is 35.7 Å². The molecule has 1 unspecified atom stereocenters. The number of carbonyl (C=O) groups excluding carboxylic acids is 1. The van der Waals surface area contributed by atoms with Crippen molar-refractivity contribution < 1.29 is 4.79 Å². The first-order valence-corrected chi connectivity index (χ1v) is 6.27. The van der Waals surface area contributed by atoms with Crippen molar-refractivity contribution in [3.63, 3.8) is 0 Å². The van der Waals surface area contributed by atoms with E-state index in [0.29, 0.717) is 12.1 Å². The van der Waals surface area contributed by atoms with Gasteiger partial charge in [-0.15, -0.1) is 6.42 Å². The number of carbonyl (C=O) groups is 1. The SMILES string of the molecule is C#CC(CCC)NC(=O)c1ccc(CCN)cc1. The predicted molar refractivity (Wildman–Crippen MR) is 74.2 cm³/mol. The maximum atomic E-state index is 11.9. The van der Waals surface area contributed by atoms with Crippen molar-refractivity contribution in [1.29, 1.82) is 0 Å². The number of benzene rings is 1. The second-order valence-corrected chi connectivity index (χ2v) is 4.22. The minimum absolute atomic E-state index is 0.120. The van der Waals surface area contributed by atoms with Gasteiger partial charge in [0.25, 0.3) is 5.91 Å². The van der Waals surface area contributed by atoms with Crippen LogP contribution in [-0.2, 0) is 6.42 Å². The Bertz CT molecular complexity index is 417. The molecule has 18 heavy (non-hydrogen) atoms. The normalized spacial score (nSPS) is 11.6. The second kappa shape index (κ2) is 7.52. The minimum atomic E-state index is -0.189. The fourth-order valence-electron chi connectivity index (χ4n) is 1.72. The average Bonchev–Trinajstić information content (AvgIpc) is 2.39. The molecule has 96 valence electrons. The molecule has 1 aromatic rings. The van der Waals surface area contributed by atoms with Gasteiger partial charge in [-0.2, -0.15) is 0 Å². The molecule has 1 rings (SSSR count). The minimum Gasteiger partial charge on any atom is -0.338 e. The van der Waals surface area contributed by atoms with Crippen molar-refractivity contribution in [2.75, 3.05) is 6.54 Å². The number of rotatable bonds is 6. The van der Waals surface area contributed by atoms with E-state index in [4.69, 9.17) is 12.2 Å². The third-order valence-corrected chi connectivity index (χ3v) is 2.73. The number of nitrogens with two attached hydrogens (primary N) is 1. The lowest BCUT2D eigenvalue weighted by molar-refractivity contribution is 0.0944. The summed E-state index contributed by atoms with van der Waals surface area (Å²) in [5, 5.41) is 2.84. The van der Waals surface area contributed by atoms with Crippen LogP contribution in [-0.4, -0.2) is 18.5 Å². The van der Waals surface area contributed by atoms with Crippen molar-refractivity contribution in [2.45, 2.75) is 32.2 Å².